The average molecular weight is 386 g/mol. The van der Waals surface area contributed by atoms with Crippen LogP contribution in [0.3, 0.4) is 0 Å². The third kappa shape index (κ3) is 3.46. The van der Waals surface area contributed by atoms with E-state index in [4.69, 9.17) is 16.6 Å². The maximum atomic E-state index is 12.3. The molecule has 1 N–H and O–H groups in total. The number of benzene rings is 1. The monoisotopic (exact) mass is 385 g/mol. The van der Waals surface area contributed by atoms with E-state index in [0.717, 1.165) is 60.5 Å². The number of halogens is 1. The largest absolute Gasteiger partial charge is 0.367 e. The summed E-state index contributed by atoms with van der Waals surface area (Å²) in [5.41, 5.74) is 2.60. The Hall–Kier alpha value is -2.34. The molecule has 0 aliphatic carbocycles. The van der Waals surface area contributed by atoms with Gasteiger partial charge in [0.15, 0.2) is 0 Å². The molecule has 0 saturated carbocycles. The van der Waals surface area contributed by atoms with Crippen LogP contribution >= 0.6 is 11.6 Å². The molecule has 1 saturated heterocycles. The number of rotatable bonds is 3. The first-order valence-corrected chi connectivity index (χ1v) is 9.86. The summed E-state index contributed by atoms with van der Waals surface area (Å²) in [6.45, 7) is 8.17. The van der Waals surface area contributed by atoms with Crippen molar-refractivity contribution in [2.24, 2.45) is 0 Å². The second-order valence-electron chi connectivity index (χ2n) is 7.32. The Bertz CT molecular complexity index is 861. The smallest absolute Gasteiger partial charge is 0.270 e. The van der Waals surface area contributed by atoms with E-state index in [9.17, 15) is 4.79 Å². The van der Waals surface area contributed by atoms with E-state index in [1.807, 2.05) is 18.2 Å². The molecule has 0 radical (unpaired) electrons. The molecule has 6 nitrogen and oxygen atoms in total. The number of hydrogen-bond donors (Lipinski definition) is 1. The summed E-state index contributed by atoms with van der Waals surface area (Å²) < 4.78 is 0. The molecule has 2 aliphatic heterocycles. The molecule has 2 aromatic rings. The molecule has 0 spiro atoms. The Morgan fingerprint density at radius 3 is 2.48 bits per heavy atom. The number of piperazine rings is 1. The molecule has 1 amide bonds. The number of fused-ring (bicyclic) bond motifs is 1. The van der Waals surface area contributed by atoms with Gasteiger partial charge >= 0.3 is 0 Å². The molecule has 7 heteroatoms. The van der Waals surface area contributed by atoms with E-state index in [0.29, 0.717) is 12.2 Å². The summed E-state index contributed by atoms with van der Waals surface area (Å²) in [4.78, 5) is 26.3. The van der Waals surface area contributed by atoms with Crippen LogP contribution in [0.1, 0.15) is 41.6 Å². The highest BCUT2D eigenvalue weighted by molar-refractivity contribution is 6.33. The van der Waals surface area contributed by atoms with Gasteiger partial charge in [0.05, 0.1) is 10.7 Å². The van der Waals surface area contributed by atoms with Gasteiger partial charge in [-0.15, -0.1) is 0 Å². The van der Waals surface area contributed by atoms with Crippen LogP contribution < -0.4 is 15.1 Å². The molecule has 27 heavy (non-hydrogen) atoms. The van der Waals surface area contributed by atoms with Crippen LogP contribution in [-0.4, -0.2) is 48.6 Å². The SMILES string of the molecule is CC(C)c1nc2c(c(N3CCN(c4ccccc4Cl)CC3)n1)CCNC2=O. The highest BCUT2D eigenvalue weighted by Crippen LogP contribution is 2.30. The van der Waals surface area contributed by atoms with E-state index in [2.05, 4.69) is 40.0 Å². The Kier molecular flexibility index (Phi) is 4.91. The molecule has 1 fully saturated rings. The standard InChI is InChI=1S/C20H24ClN5O/c1-13(2)18-23-17-14(7-8-22-20(17)27)19(24-18)26-11-9-25(10-12-26)16-6-4-3-5-15(16)21/h3-6,13H,7-12H2,1-2H3,(H,22,27). The van der Waals surface area contributed by atoms with Crippen LogP contribution in [0.4, 0.5) is 11.5 Å². The van der Waals surface area contributed by atoms with Gasteiger partial charge < -0.3 is 15.1 Å². The molecular formula is C20H24ClN5O. The van der Waals surface area contributed by atoms with E-state index in [1.165, 1.54) is 0 Å². The zero-order valence-electron chi connectivity index (χ0n) is 15.7. The molecule has 1 aromatic carbocycles. The number of carbonyl (C=O) groups is 1. The van der Waals surface area contributed by atoms with Gasteiger partial charge in [0.2, 0.25) is 0 Å². The van der Waals surface area contributed by atoms with E-state index in [-0.39, 0.29) is 11.8 Å². The minimum absolute atomic E-state index is 0.0866. The van der Waals surface area contributed by atoms with E-state index < -0.39 is 0 Å². The van der Waals surface area contributed by atoms with Gasteiger partial charge in [0, 0.05) is 44.2 Å². The van der Waals surface area contributed by atoms with Crippen molar-refractivity contribution >= 4 is 29.0 Å². The van der Waals surface area contributed by atoms with Crippen LogP contribution in [0.5, 0.6) is 0 Å². The lowest BCUT2D eigenvalue weighted by Gasteiger charge is -2.38. The number of para-hydroxylation sites is 1. The Labute approximate surface area is 164 Å². The molecule has 3 heterocycles. The van der Waals surface area contributed by atoms with Crippen molar-refractivity contribution in [3.63, 3.8) is 0 Å². The molecule has 0 atom stereocenters. The summed E-state index contributed by atoms with van der Waals surface area (Å²) in [5.74, 6) is 1.75. The van der Waals surface area contributed by atoms with Crippen LogP contribution in [-0.2, 0) is 6.42 Å². The van der Waals surface area contributed by atoms with Gasteiger partial charge in [-0.05, 0) is 18.6 Å². The molecule has 142 valence electrons. The highest BCUT2D eigenvalue weighted by atomic mass is 35.5. The first-order valence-electron chi connectivity index (χ1n) is 9.48. The fourth-order valence-electron chi connectivity index (χ4n) is 3.68. The minimum atomic E-state index is -0.0866. The second kappa shape index (κ2) is 7.35. The first kappa shape index (κ1) is 18.0. The third-order valence-corrected chi connectivity index (χ3v) is 5.49. The lowest BCUT2D eigenvalue weighted by molar-refractivity contribution is 0.0940. The number of nitrogens with zero attached hydrogens (tertiary/aromatic N) is 4. The molecule has 0 unspecified atom stereocenters. The molecular weight excluding hydrogens is 362 g/mol. The summed E-state index contributed by atoms with van der Waals surface area (Å²) in [6, 6.07) is 7.96. The number of carbonyl (C=O) groups excluding carboxylic acids is 1. The van der Waals surface area contributed by atoms with Gasteiger partial charge in [0.1, 0.15) is 17.3 Å². The van der Waals surface area contributed by atoms with Crippen molar-refractivity contribution in [2.75, 3.05) is 42.5 Å². The Morgan fingerprint density at radius 1 is 1.07 bits per heavy atom. The van der Waals surface area contributed by atoms with Crippen LogP contribution in [0.15, 0.2) is 24.3 Å². The summed E-state index contributed by atoms with van der Waals surface area (Å²) in [6.07, 6.45) is 0.777. The molecule has 2 aliphatic rings. The van der Waals surface area contributed by atoms with Gasteiger partial charge in [-0.25, -0.2) is 9.97 Å². The normalized spacial score (nSPS) is 17.1. The summed E-state index contributed by atoms with van der Waals surface area (Å²) in [7, 11) is 0. The summed E-state index contributed by atoms with van der Waals surface area (Å²) >= 11 is 6.36. The highest BCUT2D eigenvalue weighted by Gasteiger charge is 2.28. The predicted octanol–water partition coefficient (Wildman–Crippen LogP) is 2.87. The first-order chi connectivity index (χ1) is 13.0. The minimum Gasteiger partial charge on any atom is -0.367 e. The summed E-state index contributed by atoms with van der Waals surface area (Å²) in [5, 5.41) is 3.68. The second-order valence-corrected chi connectivity index (χ2v) is 7.73. The molecule has 0 bridgehead atoms. The predicted molar refractivity (Wildman–Crippen MR) is 108 cm³/mol. The Balaban J connectivity index is 1.61. The van der Waals surface area contributed by atoms with Crippen LogP contribution in [0, 0.1) is 0 Å². The molecule has 4 rings (SSSR count). The third-order valence-electron chi connectivity index (χ3n) is 5.17. The fraction of sp³-hybridized carbons (Fsp3) is 0.450. The maximum Gasteiger partial charge on any atom is 0.270 e. The number of hydrogen-bond acceptors (Lipinski definition) is 5. The van der Waals surface area contributed by atoms with Crippen molar-refractivity contribution in [1.82, 2.24) is 15.3 Å². The number of nitrogens with one attached hydrogen (secondary N) is 1. The topological polar surface area (TPSA) is 61.4 Å². The number of anilines is 2. The van der Waals surface area contributed by atoms with Gasteiger partial charge in [0.25, 0.3) is 5.91 Å². The zero-order chi connectivity index (χ0) is 19.0. The zero-order valence-corrected chi connectivity index (χ0v) is 16.5. The van der Waals surface area contributed by atoms with Crippen molar-refractivity contribution in [3.05, 3.63) is 46.4 Å². The number of amides is 1. The Morgan fingerprint density at radius 2 is 1.78 bits per heavy atom. The van der Waals surface area contributed by atoms with Crippen LogP contribution in [0.2, 0.25) is 5.02 Å². The van der Waals surface area contributed by atoms with Gasteiger partial charge in [-0.3, -0.25) is 4.79 Å². The van der Waals surface area contributed by atoms with Crippen molar-refractivity contribution in [3.8, 4) is 0 Å². The average Bonchev–Trinajstić information content (AvgIpc) is 2.68. The quantitative estimate of drug-likeness (QED) is 0.880. The van der Waals surface area contributed by atoms with Gasteiger partial charge in [-0.1, -0.05) is 37.6 Å². The van der Waals surface area contributed by atoms with Crippen LogP contribution in [0.25, 0.3) is 0 Å². The number of aromatic nitrogens is 2. The fourth-order valence-corrected chi connectivity index (χ4v) is 3.93. The maximum absolute atomic E-state index is 12.3. The molecule has 1 aromatic heterocycles. The van der Waals surface area contributed by atoms with Crippen molar-refractivity contribution in [1.29, 1.82) is 0 Å². The van der Waals surface area contributed by atoms with E-state index >= 15 is 0 Å². The van der Waals surface area contributed by atoms with Gasteiger partial charge in [-0.2, -0.15) is 0 Å². The van der Waals surface area contributed by atoms with E-state index in [1.54, 1.807) is 0 Å². The van der Waals surface area contributed by atoms with Crippen molar-refractivity contribution < 1.29 is 4.79 Å². The lowest BCUT2D eigenvalue weighted by Crippen LogP contribution is -2.48. The van der Waals surface area contributed by atoms with Crippen molar-refractivity contribution in [2.45, 2.75) is 26.2 Å². The lowest BCUT2D eigenvalue weighted by atomic mass is 10.0.